The van der Waals surface area contributed by atoms with E-state index < -0.39 is 5.97 Å². The Kier molecular flexibility index (Phi) is 8.29. The van der Waals surface area contributed by atoms with E-state index in [0.29, 0.717) is 18.7 Å². The standard InChI is InChI=1S/C13H19N2O3.HI/c1-4-15(5-2)12(16)10-14-8-6-7-11(9-14)13(17)18-3;/h6-9H,4-5,10H2,1-3H3;1H/q+1;/p-1. The number of likely N-dealkylation sites (N-methyl/N-ethyl adjacent to an activating group) is 1. The lowest BCUT2D eigenvalue weighted by Crippen LogP contribution is -3.00. The lowest BCUT2D eigenvalue weighted by molar-refractivity contribution is -0.685. The van der Waals surface area contributed by atoms with Crippen LogP contribution < -0.4 is 28.5 Å². The molecule has 0 atom stereocenters. The molecule has 1 rings (SSSR count). The zero-order chi connectivity index (χ0) is 13.5. The van der Waals surface area contributed by atoms with E-state index >= 15 is 0 Å². The highest BCUT2D eigenvalue weighted by Crippen LogP contribution is 1.97. The molecule has 0 N–H and O–H groups in total. The summed E-state index contributed by atoms with van der Waals surface area (Å²) in [4.78, 5) is 25.0. The molecule has 5 nitrogen and oxygen atoms in total. The molecule has 0 radical (unpaired) electrons. The number of nitrogens with zero attached hydrogens (tertiary/aromatic N) is 2. The Bertz CT molecular complexity index is 434. The lowest BCUT2D eigenvalue weighted by atomic mass is 10.3. The number of carbonyl (C=O) groups excluding carboxylic acids is 2. The first kappa shape index (κ1) is 17.8. The number of pyridine rings is 1. The molecule has 106 valence electrons. The number of halogens is 1. The van der Waals surface area contributed by atoms with Crippen LogP contribution in [-0.4, -0.2) is 37.0 Å². The summed E-state index contributed by atoms with van der Waals surface area (Å²) in [5.41, 5.74) is 0.437. The molecule has 0 unspecified atom stereocenters. The fourth-order valence-corrected chi connectivity index (χ4v) is 1.69. The second-order valence-electron chi connectivity index (χ2n) is 3.82. The smallest absolute Gasteiger partial charge is 0.343 e. The van der Waals surface area contributed by atoms with Crippen molar-refractivity contribution in [3.8, 4) is 0 Å². The molecule has 0 aliphatic carbocycles. The van der Waals surface area contributed by atoms with Crippen molar-refractivity contribution in [2.75, 3.05) is 20.2 Å². The Balaban J connectivity index is 0.00000324. The maximum atomic E-state index is 11.9. The van der Waals surface area contributed by atoms with Crippen molar-refractivity contribution in [1.82, 2.24) is 4.90 Å². The minimum atomic E-state index is -0.403. The van der Waals surface area contributed by atoms with Gasteiger partial charge in [0.15, 0.2) is 12.4 Å². The van der Waals surface area contributed by atoms with Crippen LogP contribution >= 0.6 is 0 Å². The first-order valence-corrected chi connectivity index (χ1v) is 5.97. The van der Waals surface area contributed by atoms with E-state index in [1.165, 1.54) is 7.11 Å². The molecular weight excluding hydrogens is 359 g/mol. The molecule has 1 amide bonds. The topological polar surface area (TPSA) is 50.5 Å². The molecule has 1 heterocycles. The molecule has 0 fully saturated rings. The number of hydrogen-bond acceptors (Lipinski definition) is 3. The quantitative estimate of drug-likeness (QED) is 0.327. The molecule has 19 heavy (non-hydrogen) atoms. The number of methoxy groups -OCH3 is 1. The van der Waals surface area contributed by atoms with Crippen LogP contribution in [0.1, 0.15) is 24.2 Å². The largest absolute Gasteiger partial charge is 1.00 e. The van der Waals surface area contributed by atoms with Crippen LogP contribution in [0.25, 0.3) is 0 Å². The Morgan fingerprint density at radius 2 is 1.95 bits per heavy atom. The summed E-state index contributed by atoms with van der Waals surface area (Å²) in [6.07, 6.45) is 3.38. The van der Waals surface area contributed by atoms with Gasteiger partial charge >= 0.3 is 5.97 Å². The van der Waals surface area contributed by atoms with Crippen LogP contribution in [0.3, 0.4) is 0 Å². The summed E-state index contributed by atoms with van der Waals surface area (Å²) in [5, 5.41) is 0. The molecule has 0 saturated carbocycles. The maximum Gasteiger partial charge on any atom is 0.343 e. The van der Waals surface area contributed by atoms with Gasteiger partial charge in [-0.15, -0.1) is 0 Å². The molecule has 0 spiro atoms. The van der Waals surface area contributed by atoms with Gasteiger partial charge in [-0.05, 0) is 19.9 Å². The number of amides is 1. The minimum absolute atomic E-state index is 0. The summed E-state index contributed by atoms with van der Waals surface area (Å²) in [7, 11) is 1.33. The van der Waals surface area contributed by atoms with Crippen molar-refractivity contribution in [3.63, 3.8) is 0 Å². The molecular formula is C13H19IN2O3. The summed E-state index contributed by atoms with van der Waals surface area (Å²) in [6, 6.07) is 3.38. The van der Waals surface area contributed by atoms with E-state index in [9.17, 15) is 9.59 Å². The van der Waals surface area contributed by atoms with Crippen LogP contribution in [0.5, 0.6) is 0 Å². The van der Waals surface area contributed by atoms with Crippen LogP contribution in [0.2, 0.25) is 0 Å². The first-order valence-electron chi connectivity index (χ1n) is 5.97. The third kappa shape index (κ3) is 5.14. The number of esters is 1. The van der Waals surface area contributed by atoms with Crippen LogP contribution in [0.4, 0.5) is 0 Å². The second-order valence-corrected chi connectivity index (χ2v) is 3.82. The number of aromatic nitrogens is 1. The van der Waals surface area contributed by atoms with Gasteiger partial charge in [-0.2, -0.15) is 4.57 Å². The monoisotopic (exact) mass is 378 g/mol. The van der Waals surface area contributed by atoms with E-state index in [1.54, 1.807) is 34.0 Å². The van der Waals surface area contributed by atoms with Crippen molar-refractivity contribution in [2.45, 2.75) is 20.4 Å². The Morgan fingerprint density at radius 1 is 1.32 bits per heavy atom. The summed E-state index contributed by atoms with van der Waals surface area (Å²) in [6.45, 7) is 5.49. The number of hydrogen-bond donors (Lipinski definition) is 0. The van der Waals surface area contributed by atoms with E-state index in [2.05, 4.69) is 4.74 Å². The van der Waals surface area contributed by atoms with Crippen molar-refractivity contribution in [3.05, 3.63) is 30.1 Å². The highest BCUT2D eigenvalue weighted by molar-refractivity contribution is 5.88. The van der Waals surface area contributed by atoms with Crippen LogP contribution in [-0.2, 0) is 16.1 Å². The average Bonchev–Trinajstić information content (AvgIpc) is 2.39. The number of rotatable bonds is 5. The molecule has 6 heteroatoms. The fourth-order valence-electron chi connectivity index (χ4n) is 1.69. The molecule has 0 saturated heterocycles. The van der Waals surface area contributed by atoms with Crippen molar-refractivity contribution >= 4 is 11.9 Å². The van der Waals surface area contributed by atoms with Crippen LogP contribution in [0, 0.1) is 0 Å². The summed E-state index contributed by atoms with van der Waals surface area (Å²) in [5.74, 6) is -0.369. The maximum absolute atomic E-state index is 11.9. The van der Waals surface area contributed by atoms with Gasteiger partial charge < -0.3 is 33.6 Å². The van der Waals surface area contributed by atoms with Crippen LogP contribution in [0.15, 0.2) is 24.5 Å². The normalized spacial score (nSPS) is 9.42. The third-order valence-corrected chi connectivity index (χ3v) is 2.71. The van der Waals surface area contributed by atoms with E-state index in [0.717, 1.165) is 0 Å². The van der Waals surface area contributed by atoms with Gasteiger partial charge in [0.2, 0.25) is 6.54 Å². The first-order chi connectivity index (χ1) is 8.62. The number of carbonyl (C=O) groups is 2. The van der Waals surface area contributed by atoms with E-state index in [1.807, 2.05) is 13.8 Å². The molecule has 1 aromatic rings. The average molecular weight is 378 g/mol. The van der Waals surface area contributed by atoms with E-state index in [4.69, 9.17) is 0 Å². The minimum Gasteiger partial charge on any atom is -1.00 e. The van der Waals surface area contributed by atoms with Gasteiger partial charge in [0.1, 0.15) is 5.56 Å². The molecule has 0 aromatic carbocycles. The lowest BCUT2D eigenvalue weighted by Gasteiger charge is -2.16. The predicted octanol–water partition coefficient (Wildman–Crippen LogP) is -2.37. The predicted molar refractivity (Wildman–Crippen MR) is 65.9 cm³/mol. The van der Waals surface area contributed by atoms with Crippen molar-refractivity contribution in [2.24, 2.45) is 0 Å². The van der Waals surface area contributed by atoms with Gasteiger partial charge in [-0.1, -0.05) is 0 Å². The second kappa shape index (κ2) is 8.84. The third-order valence-electron chi connectivity index (χ3n) is 2.71. The molecule has 0 aliphatic rings. The fraction of sp³-hybridized carbons (Fsp3) is 0.462. The zero-order valence-electron chi connectivity index (χ0n) is 11.4. The molecule has 1 aromatic heterocycles. The summed E-state index contributed by atoms with van der Waals surface area (Å²) >= 11 is 0. The Labute approximate surface area is 130 Å². The Morgan fingerprint density at radius 3 is 2.47 bits per heavy atom. The van der Waals surface area contributed by atoms with Gasteiger partial charge in [-0.3, -0.25) is 4.79 Å². The SMILES string of the molecule is CCN(CC)C(=O)C[n+]1cccc(C(=O)OC)c1.[I-]. The van der Waals surface area contributed by atoms with Gasteiger partial charge in [0.25, 0.3) is 5.91 Å². The highest BCUT2D eigenvalue weighted by Gasteiger charge is 2.17. The molecule has 0 aliphatic heterocycles. The zero-order valence-corrected chi connectivity index (χ0v) is 13.6. The Hall–Kier alpha value is -1.18. The van der Waals surface area contributed by atoms with Gasteiger partial charge in [-0.25, -0.2) is 4.79 Å². The van der Waals surface area contributed by atoms with Crippen molar-refractivity contribution < 1.29 is 42.9 Å². The summed E-state index contributed by atoms with van der Waals surface area (Å²) < 4.78 is 6.33. The number of ether oxygens (including phenoxy) is 1. The van der Waals surface area contributed by atoms with Gasteiger partial charge in [0.05, 0.1) is 7.11 Å². The van der Waals surface area contributed by atoms with Gasteiger partial charge in [0, 0.05) is 19.2 Å². The van der Waals surface area contributed by atoms with E-state index in [-0.39, 0.29) is 36.4 Å². The van der Waals surface area contributed by atoms with Crippen molar-refractivity contribution in [1.29, 1.82) is 0 Å². The highest BCUT2D eigenvalue weighted by atomic mass is 127. The molecule has 0 bridgehead atoms.